The number of nitrogens with zero attached hydrogens (tertiary/aromatic N) is 5. The molecule has 1 aliphatic heterocycles. The minimum Gasteiger partial charge on any atom is -0.364 e. The zero-order valence-electron chi connectivity index (χ0n) is 12.6. The predicted octanol–water partition coefficient (Wildman–Crippen LogP) is 1.24. The summed E-state index contributed by atoms with van der Waals surface area (Å²) in [6.45, 7) is 6.61. The first-order chi connectivity index (χ1) is 10.7. The molecule has 118 valence electrons. The van der Waals surface area contributed by atoms with E-state index in [9.17, 15) is 4.79 Å². The molecule has 0 aromatic carbocycles. The van der Waals surface area contributed by atoms with Gasteiger partial charge in [0.05, 0.1) is 17.6 Å². The largest absolute Gasteiger partial charge is 0.364 e. The molecule has 8 nitrogen and oxygen atoms in total. The molecule has 3 heterocycles. The molecule has 1 aliphatic rings. The molecule has 0 atom stereocenters. The third kappa shape index (κ3) is 3.45. The Hall–Kier alpha value is -2.35. The van der Waals surface area contributed by atoms with Crippen LogP contribution < -0.4 is 5.32 Å². The molecular weight excluding hydrogens is 284 g/mol. The minimum atomic E-state index is -0.0725. The second kappa shape index (κ2) is 6.61. The van der Waals surface area contributed by atoms with E-state index in [0.717, 1.165) is 37.6 Å². The second-order valence-corrected chi connectivity index (χ2v) is 5.27. The normalized spacial score (nSPS) is 16.0. The van der Waals surface area contributed by atoms with Crippen molar-refractivity contribution >= 4 is 11.7 Å². The number of nitrogens with one attached hydrogen (secondary N) is 1. The van der Waals surface area contributed by atoms with Crippen LogP contribution >= 0.6 is 0 Å². The molecule has 0 spiro atoms. The van der Waals surface area contributed by atoms with Crippen LogP contribution in [-0.2, 0) is 13.1 Å². The second-order valence-electron chi connectivity index (χ2n) is 5.27. The Morgan fingerprint density at radius 1 is 1.36 bits per heavy atom. The lowest BCUT2D eigenvalue weighted by Crippen LogP contribution is -2.49. The van der Waals surface area contributed by atoms with Crippen LogP contribution in [0.25, 0.3) is 0 Å². The molecule has 2 aromatic rings. The molecule has 1 fully saturated rings. The summed E-state index contributed by atoms with van der Waals surface area (Å²) < 4.78 is 6.62. The summed E-state index contributed by atoms with van der Waals surface area (Å²) in [6, 6.07) is 1.79. The Morgan fingerprint density at radius 3 is 2.82 bits per heavy atom. The molecule has 1 saturated heterocycles. The Balaban J connectivity index is 1.47. The number of amides is 2. The Bertz CT molecular complexity index is 601. The number of carbonyl (C=O) groups excluding carboxylic acids is 1. The van der Waals surface area contributed by atoms with Gasteiger partial charge in [0.15, 0.2) is 0 Å². The van der Waals surface area contributed by atoms with Gasteiger partial charge in [0.25, 0.3) is 0 Å². The Kier molecular flexibility index (Phi) is 4.38. The van der Waals surface area contributed by atoms with Crippen LogP contribution in [-0.4, -0.2) is 56.9 Å². The molecule has 3 rings (SSSR count). The van der Waals surface area contributed by atoms with E-state index < -0.39 is 0 Å². The van der Waals surface area contributed by atoms with Crippen molar-refractivity contribution in [3.63, 3.8) is 0 Å². The van der Waals surface area contributed by atoms with Gasteiger partial charge in [-0.3, -0.25) is 9.58 Å². The van der Waals surface area contributed by atoms with Gasteiger partial charge in [0.1, 0.15) is 6.26 Å². The van der Waals surface area contributed by atoms with Gasteiger partial charge in [-0.1, -0.05) is 5.16 Å². The molecule has 1 N–H and O–H groups in total. The van der Waals surface area contributed by atoms with E-state index in [0.29, 0.717) is 13.1 Å². The molecule has 8 heteroatoms. The molecule has 0 unspecified atom stereocenters. The molecule has 2 aromatic heterocycles. The lowest BCUT2D eigenvalue weighted by Gasteiger charge is -2.34. The van der Waals surface area contributed by atoms with Gasteiger partial charge in [-0.05, 0) is 6.92 Å². The van der Waals surface area contributed by atoms with E-state index >= 15 is 0 Å². The van der Waals surface area contributed by atoms with Gasteiger partial charge < -0.3 is 14.7 Å². The highest BCUT2D eigenvalue weighted by atomic mass is 16.5. The zero-order valence-corrected chi connectivity index (χ0v) is 12.6. The maximum absolute atomic E-state index is 12.2. The number of aromatic nitrogens is 3. The fraction of sp³-hybridized carbons (Fsp3) is 0.500. The van der Waals surface area contributed by atoms with Crippen molar-refractivity contribution in [1.82, 2.24) is 24.7 Å². The van der Waals surface area contributed by atoms with Gasteiger partial charge in [-0.15, -0.1) is 0 Å². The summed E-state index contributed by atoms with van der Waals surface area (Å²) in [5.41, 5.74) is 1.65. The summed E-state index contributed by atoms with van der Waals surface area (Å²) in [6.07, 6.45) is 5.08. The van der Waals surface area contributed by atoms with E-state index in [1.165, 1.54) is 0 Å². The van der Waals surface area contributed by atoms with Crippen molar-refractivity contribution in [1.29, 1.82) is 0 Å². The maximum Gasteiger partial charge on any atom is 0.322 e. The predicted molar refractivity (Wildman–Crippen MR) is 80.3 cm³/mol. The number of hydrogen-bond donors (Lipinski definition) is 1. The van der Waals surface area contributed by atoms with Crippen molar-refractivity contribution in [2.24, 2.45) is 0 Å². The standard InChI is InChI=1S/C14H20N6O2/c1-2-20-11-13(9-15-20)16-14(21)19-6-4-18(5-7-19)10-12-3-8-22-17-12/h3,8-9,11H,2,4-7,10H2,1H3,(H,16,21). The number of piperazine rings is 1. The van der Waals surface area contributed by atoms with E-state index in [4.69, 9.17) is 4.52 Å². The molecule has 2 amide bonds. The number of rotatable bonds is 4. The smallest absolute Gasteiger partial charge is 0.322 e. The van der Waals surface area contributed by atoms with Crippen molar-refractivity contribution in [2.45, 2.75) is 20.0 Å². The summed E-state index contributed by atoms with van der Waals surface area (Å²) in [7, 11) is 0. The maximum atomic E-state index is 12.2. The van der Waals surface area contributed by atoms with Crippen LogP contribution in [0.2, 0.25) is 0 Å². The Morgan fingerprint density at radius 2 is 2.18 bits per heavy atom. The number of urea groups is 1. The van der Waals surface area contributed by atoms with Crippen LogP contribution in [0, 0.1) is 0 Å². The topological polar surface area (TPSA) is 79.4 Å². The lowest BCUT2D eigenvalue weighted by atomic mass is 10.3. The van der Waals surface area contributed by atoms with Gasteiger partial charge in [-0.2, -0.15) is 5.10 Å². The van der Waals surface area contributed by atoms with E-state index in [1.807, 2.05) is 24.1 Å². The fourth-order valence-electron chi connectivity index (χ4n) is 2.46. The average molecular weight is 304 g/mol. The first kappa shape index (κ1) is 14.6. The number of anilines is 1. The quantitative estimate of drug-likeness (QED) is 0.919. The van der Waals surface area contributed by atoms with Crippen molar-refractivity contribution < 1.29 is 9.32 Å². The van der Waals surface area contributed by atoms with Crippen molar-refractivity contribution in [3.05, 3.63) is 30.4 Å². The minimum absolute atomic E-state index is 0.0725. The van der Waals surface area contributed by atoms with E-state index in [2.05, 4.69) is 20.5 Å². The number of carbonyl (C=O) groups is 1. The highest BCUT2D eigenvalue weighted by Crippen LogP contribution is 2.10. The van der Waals surface area contributed by atoms with Crippen molar-refractivity contribution in [2.75, 3.05) is 31.5 Å². The van der Waals surface area contributed by atoms with Gasteiger partial charge in [0.2, 0.25) is 0 Å². The zero-order chi connectivity index (χ0) is 15.4. The number of aryl methyl sites for hydroxylation is 1. The molecular formula is C14H20N6O2. The van der Waals surface area contributed by atoms with E-state index in [1.54, 1.807) is 17.1 Å². The summed E-state index contributed by atoms with van der Waals surface area (Å²) in [4.78, 5) is 16.3. The lowest BCUT2D eigenvalue weighted by molar-refractivity contribution is 0.141. The Labute approximate surface area is 128 Å². The molecule has 0 aliphatic carbocycles. The third-order valence-corrected chi connectivity index (χ3v) is 3.74. The van der Waals surface area contributed by atoms with Gasteiger partial charge >= 0.3 is 6.03 Å². The highest BCUT2D eigenvalue weighted by Gasteiger charge is 2.21. The monoisotopic (exact) mass is 304 g/mol. The van der Waals surface area contributed by atoms with Crippen molar-refractivity contribution in [3.8, 4) is 0 Å². The first-order valence-corrected chi connectivity index (χ1v) is 7.44. The van der Waals surface area contributed by atoms with Crippen LogP contribution in [0.1, 0.15) is 12.6 Å². The summed E-state index contributed by atoms with van der Waals surface area (Å²) >= 11 is 0. The summed E-state index contributed by atoms with van der Waals surface area (Å²) in [5.74, 6) is 0. The first-order valence-electron chi connectivity index (χ1n) is 7.44. The molecule has 0 radical (unpaired) electrons. The molecule has 0 bridgehead atoms. The third-order valence-electron chi connectivity index (χ3n) is 3.74. The van der Waals surface area contributed by atoms with Gasteiger partial charge in [0, 0.05) is 51.5 Å². The summed E-state index contributed by atoms with van der Waals surface area (Å²) in [5, 5.41) is 10.9. The fourth-order valence-corrected chi connectivity index (χ4v) is 2.46. The average Bonchev–Trinajstić information content (AvgIpc) is 3.19. The van der Waals surface area contributed by atoms with Gasteiger partial charge in [-0.25, -0.2) is 4.79 Å². The van der Waals surface area contributed by atoms with E-state index in [-0.39, 0.29) is 6.03 Å². The number of hydrogen-bond acceptors (Lipinski definition) is 5. The highest BCUT2D eigenvalue weighted by molar-refractivity contribution is 5.89. The van der Waals surface area contributed by atoms with Crippen LogP contribution in [0.4, 0.5) is 10.5 Å². The molecule has 0 saturated carbocycles. The van der Waals surface area contributed by atoms with Crippen LogP contribution in [0.5, 0.6) is 0 Å². The van der Waals surface area contributed by atoms with Crippen LogP contribution in [0.15, 0.2) is 29.2 Å². The SMILES string of the molecule is CCn1cc(NC(=O)N2CCN(Cc3ccon3)CC2)cn1. The molecule has 22 heavy (non-hydrogen) atoms. The van der Waals surface area contributed by atoms with Crippen LogP contribution in [0.3, 0.4) is 0 Å².